The van der Waals surface area contributed by atoms with Gasteiger partial charge in [0.05, 0.1) is 6.04 Å². The van der Waals surface area contributed by atoms with E-state index in [0.29, 0.717) is 18.5 Å². The number of benzene rings is 2. The smallest absolute Gasteiger partial charge is 0.220 e. The number of aryl methyl sites for hydroxylation is 1. The molecule has 1 aliphatic rings. The van der Waals surface area contributed by atoms with Gasteiger partial charge in [-0.05, 0) is 62.0 Å². The standard InChI is InChI=1S/C23H30N2O3/c26-20-13-11-19(12-14-20)23(28)21(17-25-15-4-5-16-25)24-22(27)10-6-9-18-7-2-1-3-8-18/h1-3,7-8,11-14,21,23,26,28H,4-6,9-10,15-17H2,(H,24,27)/t21-,23-/m1/s1. The van der Waals surface area contributed by atoms with Gasteiger partial charge in [0.1, 0.15) is 11.9 Å². The van der Waals surface area contributed by atoms with Gasteiger partial charge in [-0.1, -0.05) is 42.5 Å². The number of carbonyl (C=O) groups is 1. The van der Waals surface area contributed by atoms with Gasteiger partial charge in [0.2, 0.25) is 5.91 Å². The summed E-state index contributed by atoms with van der Waals surface area (Å²) in [4.78, 5) is 14.8. The van der Waals surface area contributed by atoms with Crippen LogP contribution in [-0.4, -0.2) is 46.7 Å². The molecule has 0 saturated carbocycles. The van der Waals surface area contributed by atoms with Crippen LogP contribution in [0.2, 0.25) is 0 Å². The molecule has 3 N–H and O–H groups in total. The summed E-state index contributed by atoms with van der Waals surface area (Å²) in [5, 5.41) is 23.4. The maximum atomic E-state index is 12.5. The van der Waals surface area contributed by atoms with E-state index >= 15 is 0 Å². The molecule has 0 radical (unpaired) electrons. The summed E-state index contributed by atoms with van der Waals surface area (Å²) in [5.74, 6) is 0.134. The number of hydrogen-bond donors (Lipinski definition) is 3. The molecular weight excluding hydrogens is 352 g/mol. The monoisotopic (exact) mass is 382 g/mol. The van der Waals surface area contributed by atoms with E-state index in [9.17, 15) is 15.0 Å². The van der Waals surface area contributed by atoms with Crippen molar-refractivity contribution in [1.29, 1.82) is 0 Å². The number of hydrogen-bond acceptors (Lipinski definition) is 4. The molecule has 0 bridgehead atoms. The number of phenolic OH excluding ortho intramolecular Hbond substituents is 1. The van der Waals surface area contributed by atoms with Crippen molar-refractivity contribution in [3.05, 3.63) is 65.7 Å². The van der Waals surface area contributed by atoms with Crippen molar-refractivity contribution in [3.63, 3.8) is 0 Å². The predicted octanol–water partition coefficient (Wildman–Crippen LogP) is 3.03. The number of likely N-dealkylation sites (tertiary alicyclic amines) is 1. The first-order valence-electron chi connectivity index (χ1n) is 10.1. The van der Waals surface area contributed by atoms with E-state index in [4.69, 9.17) is 0 Å². The highest BCUT2D eigenvalue weighted by molar-refractivity contribution is 5.76. The summed E-state index contributed by atoms with van der Waals surface area (Å²) in [6.07, 6.45) is 3.60. The van der Waals surface area contributed by atoms with E-state index in [-0.39, 0.29) is 17.7 Å². The van der Waals surface area contributed by atoms with Crippen LogP contribution in [0, 0.1) is 0 Å². The van der Waals surface area contributed by atoms with Crippen molar-refractivity contribution in [2.24, 2.45) is 0 Å². The van der Waals surface area contributed by atoms with Gasteiger partial charge in [0.15, 0.2) is 0 Å². The molecular formula is C23H30N2O3. The van der Waals surface area contributed by atoms with Crippen molar-refractivity contribution in [2.75, 3.05) is 19.6 Å². The first-order valence-corrected chi connectivity index (χ1v) is 10.1. The van der Waals surface area contributed by atoms with Gasteiger partial charge in [-0.15, -0.1) is 0 Å². The summed E-state index contributed by atoms with van der Waals surface area (Å²) in [6.45, 7) is 2.64. The molecule has 5 heteroatoms. The van der Waals surface area contributed by atoms with E-state index < -0.39 is 6.10 Å². The Morgan fingerprint density at radius 2 is 1.71 bits per heavy atom. The minimum Gasteiger partial charge on any atom is -0.508 e. The van der Waals surface area contributed by atoms with Crippen LogP contribution in [-0.2, 0) is 11.2 Å². The lowest BCUT2D eigenvalue weighted by molar-refractivity contribution is -0.123. The van der Waals surface area contributed by atoms with Crippen molar-refractivity contribution in [2.45, 2.75) is 44.2 Å². The van der Waals surface area contributed by atoms with Crippen LogP contribution in [0.15, 0.2) is 54.6 Å². The normalized spacial score (nSPS) is 16.6. The summed E-state index contributed by atoms with van der Waals surface area (Å²) >= 11 is 0. The predicted molar refractivity (Wildman–Crippen MR) is 110 cm³/mol. The molecule has 3 rings (SSSR count). The maximum Gasteiger partial charge on any atom is 0.220 e. The van der Waals surface area contributed by atoms with E-state index in [0.717, 1.165) is 38.8 Å². The fourth-order valence-corrected chi connectivity index (χ4v) is 3.75. The number of amides is 1. The van der Waals surface area contributed by atoms with E-state index in [1.807, 2.05) is 18.2 Å². The largest absolute Gasteiger partial charge is 0.508 e. The molecule has 0 aliphatic carbocycles. The van der Waals surface area contributed by atoms with Crippen LogP contribution in [0.5, 0.6) is 5.75 Å². The Labute approximate surface area is 167 Å². The van der Waals surface area contributed by atoms with E-state index in [2.05, 4.69) is 22.3 Å². The number of rotatable bonds is 9. The minimum atomic E-state index is -0.806. The molecule has 1 amide bonds. The second kappa shape index (κ2) is 10.2. The highest BCUT2D eigenvalue weighted by atomic mass is 16.3. The molecule has 28 heavy (non-hydrogen) atoms. The van der Waals surface area contributed by atoms with Crippen molar-refractivity contribution >= 4 is 5.91 Å². The van der Waals surface area contributed by atoms with Gasteiger partial charge < -0.3 is 20.4 Å². The highest BCUT2D eigenvalue weighted by Crippen LogP contribution is 2.22. The lowest BCUT2D eigenvalue weighted by Gasteiger charge is -2.28. The lowest BCUT2D eigenvalue weighted by Crippen LogP contribution is -2.46. The highest BCUT2D eigenvalue weighted by Gasteiger charge is 2.26. The fraction of sp³-hybridized carbons (Fsp3) is 0.435. The Hall–Kier alpha value is -2.37. The first-order chi connectivity index (χ1) is 13.6. The van der Waals surface area contributed by atoms with Crippen LogP contribution in [0.4, 0.5) is 0 Å². The van der Waals surface area contributed by atoms with Gasteiger partial charge in [-0.3, -0.25) is 4.79 Å². The summed E-state index contributed by atoms with van der Waals surface area (Å²) in [7, 11) is 0. The minimum absolute atomic E-state index is 0.0297. The van der Waals surface area contributed by atoms with Gasteiger partial charge in [0, 0.05) is 13.0 Å². The Morgan fingerprint density at radius 1 is 1.04 bits per heavy atom. The molecule has 0 aromatic heterocycles. The van der Waals surface area contributed by atoms with Gasteiger partial charge in [-0.25, -0.2) is 0 Å². The molecule has 150 valence electrons. The lowest BCUT2D eigenvalue weighted by atomic mass is 10.0. The molecule has 0 spiro atoms. The summed E-state index contributed by atoms with van der Waals surface area (Å²) in [6, 6.07) is 16.3. The SMILES string of the molecule is O=C(CCCc1ccccc1)N[C@H](CN1CCCC1)[C@H](O)c1ccc(O)cc1. The van der Waals surface area contributed by atoms with Crippen LogP contribution in [0.1, 0.15) is 42.9 Å². The zero-order valence-corrected chi connectivity index (χ0v) is 16.3. The van der Waals surface area contributed by atoms with Crippen LogP contribution in [0.3, 0.4) is 0 Å². The number of aromatic hydroxyl groups is 1. The molecule has 1 fully saturated rings. The Kier molecular flexibility index (Phi) is 7.46. The van der Waals surface area contributed by atoms with Gasteiger partial charge in [0.25, 0.3) is 0 Å². The topological polar surface area (TPSA) is 72.8 Å². The van der Waals surface area contributed by atoms with E-state index in [1.54, 1.807) is 24.3 Å². The second-order valence-corrected chi connectivity index (χ2v) is 7.56. The van der Waals surface area contributed by atoms with Gasteiger partial charge in [-0.2, -0.15) is 0 Å². The fourth-order valence-electron chi connectivity index (χ4n) is 3.75. The number of aliphatic hydroxyl groups is 1. The molecule has 1 heterocycles. The molecule has 2 aromatic rings. The Bertz CT molecular complexity index is 727. The van der Waals surface area contributed by atoms with Crippen molar-refractivity contribution in [1.82, 2.24) is 10.2 Å². The number of phenols is 1. The molecule has 0 unspecified atom stereocenters. The van der Waals surface area contributed by atoms with Crippen molar-refractivity contribution in [3.8, 4) is 5.75 Å². The van der Waals surface area contributed by atoms with Crippen LogP contribution in [0.25, 0.3) is 0 Å². The third-order valence-corrected chi connectivity index (χ3v) is 5.33. The number of aliphatic hydroxyl groups excluding tert-OH is 1. The van der Waals surface area contributed by atoms with Crippen LogP contribution >= 0.6 is 0 Å². The average molecular weight is 383 g/mol. The van der Waals surface area contributed by atoms with E-state index in [1.165, 1.54) is 5.56 Å². The number of nitrogens with one attached hydrogen (secondary N) is 1. The summed E-state index contributed by atoms with van der Waals surface area (Å²) in [5.41, 5.74) is 1.93. The zero-order chi connectivity index (χ0) is 19.8. The second-order valence-electron chi connectivity index (χ2n) is 7.56. The van der Waals surface area contributed by atoms with Crippen LogP contribution < -0.4 is 5.32 Å². The molecule has 2 aromatic carbocycles. The average Bonchev–Trinajstić information content (AvgIpc) is 3.21. The molecule has 1 aliphatic heterocycles. The van der Waals surface area contributed by atoms with Gasteiger partial charge >= 0.3 is 0 Å². The third kappa shape index (κ3) is 6.08. The molecule has 5 nitrogen and oxygen atoms in total. The summed E-state index contributed by atoms with van der Waals surface area (Å²) < 4.78 is 0. The molecule has 2 atom stereocenters. The first kappa shape index (κ1) is 20.4. The number of nitrogens with zero attached hydrogens (tertiary/aromatic N) is 1. The zero-order valence-electron chi connectivity index (χ0n) is 16.3. The third-order valence-electron chi connectivity index (χ3n) is 5.33. The Balaban J connectivity index is 1.57. The van der Waals surface area contributed by atoms with Crippen molar-refractivity contribution < 1.29 is 15.0 Å². The number of carbonyl (C=O) groups excluding carboxylic acids is 1. The quantitative estimate of drug-likeness (QED) is 0.623. The maximum absolute atomic E-state index is 12.5. The Morgan fingerprint density at radius 3 is 2.39 bits per heavy atom. The molecule has 1 saturated heterocycles.